The van der Waals surface area contributed by atoms with Gasteiger partial charge in [-0.15, -0.1) is 0 Å². The number of hydrogen-bond acceptors (Lipinski definition) is 3. The second-order valence-electron chi connectivity index (χ2n) is 5.35. The lowest BCUT2D eigenvalue weighted by Gasteiger charge is -2.29. The van der Waals surface area contributed by atoms with Crippen LogP contribution >= 0.6 is 0 Å². The monoisotopic (exact) mass is 287 g/mol. The van der Waals surface area contributed by atoms with Gasteiger partial charge in [0.05, 0.1) is 11.8 Å². The Labute approximate surface area is 119 Å². The third-order valence-corrected chi connectivity index (χ3v) is 3.13. The summed E-state index contributed by atoms with van der Waals surface area (Å²) in [5, 5.41) is 14.0. The molecule has 0 aliphatic carbocycles. The SMILES string of the molecule is CCN(C(=O)NCC(C)(C)C(=O)NC)C(C)CC(=O)O. The van der Waals surface area contributed by atoms with E-state index in [2.05, 4.69) is 10.6 Å². The van der Waals surface area contributed by atoms with Crippen molar-refractivity contribution in [2.24, 2.45) is 5.41 Å². The van der Waals surface area contributed by atoms with Crippen LogP contribution in [0.5, 0.6) is 0 Å². The number of carbonyl (C=O) groups excluding carboxylic acids is 2. The van der Waals surface area contributed by atoms with E-state index >= 15 is 0 Å². The molecule has 1 atom stereocenters. The van der Waals surface area contributed by atoms with Crippen molar-refractivity contribution in [3.05, 3.63) is 0 Å². The van der Waals surface area contributed by atoms with Gasteiger partial charge >= 0.3 is 12.0 Å². The zero-order valence-electron chi connectivity index (χ0n) is 12.8. The average Bonchev–Trinajstić information content (AvgIpc) is 2.35. The van der Waals surface area contributed by atoms with Gasteiger partial charge in [-0.25, -0.2) is 4.79 Å². The van der Waals surface area contributed by atoms with Crippen LogP contribution in [0, 0.1) is 5.41 Å². The number of amides is 3. The van der Waals surface area contributed by atoms with E-state index in [0.717, 1.165) is 0 Å². The smallest absolute Gasteiger partial charge is 0.317 e. The normalized spacial score (nSPS) is 12.4. The molecule has 0 rings (SSSR count). The number of aliphatic carboxylic acids is 1. The Morgan fingerprint density at radius 2 is 1.85 bits per heavy atom. The van der Waals surface area contributed by atoms with Gasteiger partial charge in [0.1, 0.15) is 0 Å². The summed E-state index contributed by atoms with van der Waals surface area (Å²) < 4.78 is 0. The lowest BCUT2D eigenvalue weighted by atomic mass is 9.92. The van der Waals surface area contributed by atoms with Crippen molar-refractivity contribution in [3.8, 4) is 0 Å². The van der Waals surface area contributed by atoms with E-state index in [0.29, 0.717) is 6.54 Å². The van der Waals surface area contributed by atoms with Gasteiger partial charge in [0.2, 0.25) is 5.91 Å². The predicted molar refractivity (Wildman–Crippen MR) is 75.3 cm³/mol. The predicted octanol–water partition coefficient (Wildman–Crippen LogP) is 0.653. The number of carboxylic acid groups (broad SMARTS) is 1. The Bertz CT molecular complexity index is 369. The molecular formula is C13H25N3O4. The lowest BCUT2D eigenvalue weighted by Crippen LogP contribution is -2.50. The third kappa shape index (κ3) is 5.46. The van der Waals surface area contributed by atoms with Crippen LogP contribution in [0.2, 0.25) is 0 Å². The highest BCUT2D eigenvalue weighted by molar-refractivity contribution is 5.83. The molecule has 0 radical (unpaired) electrons. The highest BCUT2D eigenvalue weighted by Gasteiger charge is 2.28. The van der Waals surface area contributed by atoms with Gasteiger partial charge in [0.15, 0.2) is 0 Å². The van der Waals surface area contributed by atoms with Crippen LogP contribution < -0.4 is 10.6 Å². The molecule has 3 N–H and O–H groups in total. The Morgan fingerprint density at radius 3 is 2.25 bits per heavy atom. The number of hydrogen-bond donors (Lipinski definition) is 3. The number of nitrogens with one attached hydrogen (secondary N) is 2. The Kier molecular flexibility index (Phi) is 7.02. The molecule has 0 aliphatic rings. The number of nitrogens with zero attached hydrogens (tertiary/aromatic N) is 1. The first-order chi connectivity index (χ1) is 9.15. The van der Waals surface area contributed by atoms with Gasteiger partial charge in [0.25, 0.3) is 0 Å². The van der Waals surface area contributed by atoms with Gasteiger partial charge in [-0.2, -0.15) is 0 Å². The molecule has 20 heavy (non-hydrogen) atoms. The molecule has 0 aromatic rings. The van der Waals surface area contributed by atoms with Crippen molar-refractivity contribution in [2.75, 3.05) is 20.1 Å². The molecule has 0 fully saturated rings. The van der Waals surface area contributed by atoms with E-state index in [4.69, 9.17) is 5.11 Å². The van der Waals surface area contributed by atoms with Crippen LogP contribution in [-0.2, 0) is 9.59 Å². The first-order valence-corrected chi connectivity index (χ1v) is 6.64. The summed E-state index contributed by atoms with van der Waals surface area (Å²) in [7, 11) is 1.54. The summed E-state index contributed by atoms with van der Waals surface area (Å²) in [5.41, 5.74) is -0.722. The van der Waals surface area contributed by atoms with Crippen molar-refractivity contribution >= 4 is 17.9 Å². The molecule has 0 aromatic heterocycles. The second-order valence-corrected chi connectivity index (χ2v) is 5.35. The molecule has 0 spiro atoms. The summed E-state index contributed by atoms with van der Waals surface area (Å²) in [5.74, 6) is -1.12. The number of rotatable bonds is 7. The lowest BCUT2D eigenvalue weighted by molar-refractivity contribution is -0.138. The zero-order chi connectivity index (χ0) is 15.9. The highest BCUT2D eigenvalue weighted by Crippen LogP contribution is 2.13. The van der Waals surface area contributed by atoms with Crippen LogP contribution in [0.15, 0.2) is 0 Å². The van der Waals surface area contributed by atoms with Crippen LogP contribution in [0.25, 0.3) is 0 Å². The van der Waals surface area contributed by atoms with Gasteiger partial charge in [-0.05, 0) is 27.7 Å². The Balaban J connectivity index is 4.57. The largest absolute Gasteiger partial charge is 0.481 e. The topological polar surface area (TPSA) is 98.7 Å². The van der Waals surface area contributed by atoms with Gasteiger partial charge in [-0.1, -0.05) is 0 Å². The summed E-state index contributed by atoms with van der Waals surface area (Å²) >= 11 is 0. The van der Waals surface area contributed by atoms with Crippen molar-refractivity contribution in [1.82, 2.24) is 15.5 Å². The first-order valence-electron chi connectivity index (χ1n) is 6.64. The van der Waals surface area contributed by atoms with Crippen molar-refractivity contribution in [2.45, 2.75) is 40.2 Å². The fraction of sp³-hybridized carbons (Fsp3) is 0.769. The van der Waals surface area contributed by atoms with Crippen LogP contribution in [-0.4, -0.2) is 54.1 Å². The molecule has 0 bridgehead atoms. The minimum atomic E-state index is -0.950. The molecule has 0 saturated carbocycles. The molecule has 0 heterocycles. The van der Waals surface area contributed by atoms with E-state index < -0.39 is 17.4 Å². The van der Waals surface area contributed by atoms with E-state index in [1.165, 1.54) is 4.90 Å². The molecule has 3 amide bonds. The Hall–Kier alpha value is -1.79. The van der Waals surface area contributed by atoms with E-state index in [-0.39, 0.29) is 24.9 Å². The fourth-order valence-electron chi connectivity index (χ4n) is 1.84. The summed E-state index contributed by atoms with van der Waals surface area (Å²) in [6.45, 7) is 7.50. The second kappa shape index (κ2) is 7.72. The highest BCUT2D eigenvalue weighted by atomic mass is 16.4. The van der Waals surface area contributed by atoms with Gasteiger partial charge < -0.3 is 20.6 Å². The quantitative estimate of drug-likeness (QED) is 0.640. The Morgan fingerprint density at radius 1 is 1.30 bits per heavy atom. The maximum Gasteiger partial charge on any atom is 0.317 e. The fourth-order valence-corrected chi connectivity index (χ4v) is 1.84. The van der Waals surface area contributed by atoms with Crippen molar-refractivity contribution in [3.63, 3.8) is 0 Å². The summed E-state index contributed by atoms with van der Waals surface area (Å²) in [6.07, 6.45) is -0.111. The van der Waals surface area contributed by atoms with Gasteiger partial charge in [0, 0.05) is 26.2 Å². The maximum absolute atomic E-state index is 12.0. The molecular weight excluding hydrogens is 262 g/mol. The summed E-state index contributed by atoms with van der Waals surface area (Å²) in [4.78, 5) is 35.8. The molecule has 0 saturated heterocycles. The number of carbonyl (C=O) groups is 3. The standard InChI is InChI=1S/C13H25N3O4/c1-6-16(9(2)7-10(17)18)12(20)15-8-13(3,4)11(19)14-5/h9H,6-8H2,1-5H3,(H,14,19)(H,15,20)(H,17,18). The minimum absolute atomic E-state index is 0.111. The molecule has 7 heteroatoms. The van der Waals surface area contributed by atoms with Crippen molar-refractivity contribution in [1.29, 1.82) is 0 Å². The van der Waals surface area contributed by atoms with E-state index in [1.54, 1.807) is 34.7 Å². The van der Waals surface area contributed by atoms with E-state index in [1.807, 2.05) is 0 Å². The molecule has 7 nitrogen and oxygen atoms in total. The molecule has 116 valence electrons. The number of carboxylic acids is 1. The van der Waals surface area contributed by atoms with Gasteiger partial charge in [-0.3, -0.25) is 9.59 Å². The first kappa shape index (κ1) is 18.2. The average molecular weight is 287 g/mol. The van der Waals surface area contributed by atoms with Crippen LogP contribution in [0.3, 0.4) is 0 Å². The van der Waals surface area contributed by atoms with Crippen LogP contribution in [0.1, 0.15) is 34.1 Å². The van der Waals surface area contributed by atoms with Crippen LogP contribution in [0.4, 0.5) is 4.79 Å². The minimum Gasteiger partial charge on any atom is -0.481 e. The molecule has 0 aliphatic heterocycles. The number of urea groups is 1. The third-order valence-electron chi connectivity index (χ3n) is 3.13. The van der Waals surface area contributed by atoms with Crippen molar-refractivity contribution < 1.29 is 19.5 Å². The zero-order valence-corrected chi connectivity index (χ0v) is 12.8. The maximum atomic E-state index is 12.0. The molecule has 0 aromatic carbocycles. The van der Waals surface area contributed by atoms with E-state index in [9.17, 15) is 14.4 Å². The summed E-state index contributed by atoms with van der Waals surface area (Å²) in [6, 6.07) is -0.765. The molecule has 1 unspecified atom stereocenters.